The van der Waals surface area contributed by atoms with Crippen molar-refractivity contribution >= 4 is 15.6 Å². The van der Waals surface area contributed by atoms with Crippen LogP contribution < -0.4 is 0 Å². The van der Waals surface area contributed by atoms with Crippen molar-refractivity contribution in [3.8, 4) is 0 Å². The fourth-order valence-corrected chi connectivity index (χ4v) is 6.68. The Labute approximate surface area is 274 Å². The van der Waals surface area contributed by atoms with Gasteiger partial charge in [-0.1, -0.05) is 89.8 Å². The molecule has 0 saturated carbocycles. The van der Waals surface area contributed by atoms with Crippen molar-refractivity contribution in [1.82, 2.24) is 0 Å². The lowest BCUT2D eigenvalue weighted by molar-refractivity contribution is -0.136. The molecule has 0 spiro atoms. The summed E-state index contributed by atoms with van der Waals surface area (Å²) < 4.78 is 22.2. The largest absolute Gasteiger partial charge is 0.478 e. The number of benzene rings is 2. The van der Waals surface area contributed by atoms with Crippen molar-refractivity contribution in [1.29, 1.82) is 0 Å². The number of rotatable bonds is 20. The van der Waals surface area contributed by atoms with E-state index in [1.54, 1.807) is 0 Å². The predicted octanol–water partition coefficient (Wildman–Crippen LogP) is 5.44. The third-order valence-electron chi connectivity index (χ3n) is 8.24. The molecule has 2 rings (SSSR count). The van der Waals surface area contributed by atoms with Gasteiger partial charge in [-0.05, 0) is 84.7 Å². The summed E-state index contributed by atoms with van der Waals surface area (Å²) in [6.07, 6.45) is 12.0. The van der Waals surface area contributed by atoms with Gasteiger partial charge >= 0.3 is 15.6 Å². The highest BCUT2D eigenvalue weighted by atomic mass is 31.3. The lowest BCUT2D eigenvalue weighted by Gasteiger charge is -2.47. The summed E-state index contributed by atoms with van der Waals surface area (Å²) in [5, 5.41) is 44.8. The first-order valence-electron chi connectivity index (χ1n) is 16.2. The monoisotopic (exact) mass is 690 g/mol. The number of unbranched alkanes of at least 4 members (excludes halogenated alkanes) is 4. The first-order valence-corrected chi connectivity index (χ1v) is 19.3. The number of hydrogen-bond donors (Lipinski definition) is 8. The van der Waals surface area contributed by atoms with Crippen LogP contribution in [0.3, 0.4) is 0 Å². The van der Waals surface area contributed by atoms with Crippen LogP contribution in [0, 0.1) is 5.41 Å². The van der Waals surface area contributed by atoms with Crippen molar-refractivity contribution in [2.24, 2.45) is 5.41 Å². The van der Waals surface area contributed by atoms with E-state index in [0.29, 0.717) is 11.1 Å². The van der Waals surface area contributed by atoms with Crippen LogP contribution in [0.4, 0.5) is 0 Å². The zero-order chi connectivity index (χ0) is 35.0. The van der Waals surface area contributed by atoms with E-state index in [0.717, 1.165) is 88.2 Å². The molecule has 0 fully saturated rings. The van der Waals surface area contributed by atoms with E-state index in [2.05, 4.69) is 56.3 Å². The van der Waals surface area contributed by atoms with Gasteiger partial charge < -0.3 is 40.0 Å². The summed E-state index contributed by atoms with van der Waals surface area (Å²) in [7, 11) is -10.1. The van der Waals surface area contributed by atoms with Crippen molar-refractivity contribution in [3.05, 3.63) is 69.8 Å². The molecule has 2 aromatic carbocycles. The number of aliphatic hydroxyl groups excluding tert-OH is 3. The molecule has 0 aliphatic rings. The molecule has 0 amide bonds. The molecule has 0 unspecified atom stereocenters. The molecule has 0 aromatic heterocycles. The smallest absolute Gasteiger partial charge is 0.395 e. The van der Waals surface area contributed by atoms with Crippen LogP contribution in [0.2, 0.25) is 0 Å². The summed E-state index contributed by atoms with van der Waals surface area (Å²) in [6, 6.07) is 12.5. The molecule has 0 atom stereocenters. The number of aryl methyl sites for hydroxylation is 4. The van der Waals surface area contributed by atoms with Gasteiger partial charge in [0.1, 0.15) is 5.60 Å². The van der Waals surface area contributed by atoms with Crippen LogP contribution in [0.1, 0.15) is 112 Å². The Morgan fingerprint density at radius 2 is 0.913 bits per heavy atom. The van der Waals surface area contributed by atoms with Gasteiger partial charge in [0.15, 0.2) is 0 Å². The molecular weight excluding hydrogens is 634 g/mol. The summed E-state index contributed by atoms with van der Waals surface area (Å²) >= 11 is 0. The molecule has 264 valence electrons. The normalized spacial score (nSPS) is 12.6. The fraction of sp³-hybridized carbons (Fsp3) is 0.636. The molecule has 0 saturated heterocycles. The average Bonchev–Trinajstić information content (AvgIpc) is 3.00. The maximum absolute atomic E-state index is 12.9. The fourth-order valence-electron chi connectivity index (χ4n) is 5.57. The van der Waals surface area contributed by atoms with Crippen LogP contribution in [0.5, 0.6) is 0 Å². The number of hydrogen-bond acceptors (Lipinski definition) is 7. The summed E-state index contributed by atoms with van der Waals surface area (Å²) in [4.78, 5) is 31.0. The average molecular weight is 691 g/mol. The van der Waals surface area contributed by atoms with E-state index >= 15 is 0 Å². The van der Waals surface area contributed by atoms with Crippen LogP contribution in [0.15, 0.2) is 36.4 Å². The van der Waals surface area contributed by atoms with Gasteiger partial charge in [-0.15, -0.1) is 0 Å². The van der Waals surface area contributed by atoms with Crippen LogP contribution >= 0.6 is 15.6 Å². The Bertz CT molecular complexity index is 1180. The molecule has 11 nitrogen and oxygen atoms in total. The van der Waals surface area contributed by atoms with Crippen molar-refractivity contribution in [2.75, 3.05) is 19.8 Å². The van der Waals surface area contributed by atoms with Gasteiger partial charge in [-0.3, -0.25) is 0 Å². The standard InChI is InChI=1S/C33H52O4.H4O7P2/c1-5-9-13-26-17-19-30(28(21-26)15-11-7-3)33(37,32(23-34,24-35)25-36)31-20-18-27(14-10-6-2)22-29(31)16-12-8-4;1-8(2,3)7-9(4,5)6/h17-22,34-37H,5-16,23-25H2,1-4H3;(H2,1,2,3)(H2,4,5,6). The highest BCUT2D eigenvalue weighted by molar-refractivity contribution is 7.60. The Hall–Kier alpha value is -1.46. The second-order valence-electron chi connectivity index (χ2n) is 11.9. The molecule has 46 heavy (non-hydrogen) atoms. The van der Waals surface area contributed by atoms with Crippen molar-refractivity contribution in [3.63, 3.8) is 0 Å². The summed E-state index contributed by atoms with van der Waals surface area (Å²) in [6.45, 7) is 7.08. The van der Waals surface area contributed by atoms with Crippen LogP contribution in [-0.2, 0) is 44.7 Å². The lowest BCUT2D eigenvalue weighted by Crippen LogP contribution is -2.55. The SMILES string of the molecule is CCCCc1ccc(C(O)(c2ccc(CCCC)cc2CCCC)C(CO)(CO)CO)c(CCCC)c1.O=P(O)(O)OP(=O)(O)O. The van der Waals surface area contributed by atoms with E-state index < -0.39 is 46.5 Å². The van der Waals surface area contributed by atoms with Crippen LogP contribution in [-0.4, -0.2) is 59.8 Å². The zero-order valence-electron chi connectivity index (χ0n) is 27.8. The Morgan fingerprint density at radius 3 is 1.17 bits per heavy atom. The van der Waals surface area contributed by atoms with Crippen molar-refractivity contribution in [2.45, 2.75) is 110 Å². The van der Waals surface area contributed by atoms with E-state index in [9.17, 15) is 29.6 Å². The lowest BCUT2D eigenvalue weighted by atomic mass is 9.63. The van der Waals surface area contributed by atoms with Gasteiger partial charge in [0, 0.05) is 0 Å². The molecule has 2 aromatic rings. The highest BCUT2D eigenvalue weighted by Gasteiger charge is 2.53. The first-order chi connectivity index (χ1) is 21.6. The number of aliphatic hydroxyl groups is 4. The quantitative estimate of drug-likeness (QED) is 0.0821. The molecule has 13 heteroatoms. The van der Waals surface area contributed by atoms with Gasteiger partial charge in [0.2, 0.25) is 0 Å². The predicted molar refractivity (Wildman–Crippen MR) is 179 cm³/mol. The maximum Gasteiger partial charge on any atom is 0.478 e. The van der Waals surface area contributed by atoms with E-state index in [1.807, 2.05) is 12.1 Å². The summed E-state index contributed by atoms with van der Waals surface area (Å²) in [5.74, 6) is 0. The maximum atomic E-state index is 12.9. The second-order valence-corrected chi connectivity index (χ2v) is 14.5. The topological polar surface area (TPSA) is 205 Å². The molecular formula is C33H56O11P2. The zero-order valence-corrected chi connectivity index (χ0v) is 29.6. The summed E-state index contributed by atoms with van der Waals surface area (Å²) in [5.41, 5.74) is 2.65. The number of phosphoric acid groups is 2. The molecule has 0 radical (unpaired) electrons. The van der Waals surface area contributed by atoms with Crippen molar-refractivity contribution < 1.29 is 53.4 Å². The third kappa shape index (κ3) is 12.5. The molecule has 0 bridgehead atoms. The van der Waals surface area contributed by atoms with Gasteiger partial charge in [-0.2, -0.15) is 4.31 Å². The minimum absolute atomic E-state index is 0.536. The van der Waals surface area contributed by atoms with E-state index in [1.165, 1.54) is 11.1 Å². The molecule has 0 heterocycles. The minimum atomic E-state index is -5.05. The van der Waals surface area contributed by atoms with E-state index in [-0.39, 0.29) is 0 Å². The molecule has 8 N–H and O–H groups in total. The highest BCUT2D eigenvalue weighted by Crippen LogP contribution is 2.54. The first kappa shape index (κ1) is 42.6. The van der Waals surface area contributed by atoms with E-state index in [4.69, 9.17) is 19.6 Å². The Kier molecular flexibility index (Phi) is 18.6. The molecule has 0 aliphatic heterocycles. The van der Waals surface area contributed by atoms with Gasteiger partial charge in [-0.25, -0.2) is 9.13 Å². The second kappa shape index (κ2) is 20.1. The minimum Gasteiger partial charge on any atom is -0.395 e. The third-order valence-corrected chi connectivity index (χ3v) is 9.95. The van der Waals surface area contributed by atoms with Crippen LogP contribution in [0.25, 0.3) is 0 Å². The Balaban J connectivity index is 0.00000102. The molecule has 0 aliphatic carbocycles. The Morgan fingerprint density at radius 1 is 0.587 bits per heavy atom. The van der Waals surface area contributed by atoms with Gasteiger partial charge in [0.25, 0.3) is 0 Å². The van der Waals surface area contributed by atoms with Gasteiger partial charge in [0.05, 0.1) is 25.2 Å².